The number of benzene rings is 11. The van der Waals surface area contributed by atoms with Gasteiger partial charge < -0.3 is 0 Å². The molecule has 112 heavy (non-hydrogen) atoms. The van der Waals surface area contributed by atoms with Crippen LogP contribution in [0.5, 0.6) is 0 Å². The normalized spacial score (nSPS) is 10.1. The molecule has 16 rings (SSSR count). The zero-order valence-corrected chi connectivity index (χ0v) is 75.2. The molecule has 18 heteroatoms. The summed E-state index contributed by atoms with van der Waals surface area (Å²) >= 11 is 0. The monoisotopic (exact) mass is 2360 g/mol. The SMILES string of the molecule is Cc1cc(C)cc(-c2cc(C)c(-c3ccnn3-c3[c-]cccc3)c(C)c2)c1.Cc1ccc[c-]c1-n1nccc1-c1ccccc1.Cc1cccc(C)c1-c1ccnn1-c1[c-]cc(C#N)cc1.Cc1cccc(C)c1-c1ccnn1-c1[c-]cc(F)cc1.[C-]#[N+]c1cc[c-]c(-n2nccc2-c2c(C)cccc2C)c1.[Ir].[Ir].[Ir].[Ir].[Pt]. The van der Waals surface area contributed by atoms with E-state index in [-0.39, 0.29) is 107 Å². The summed E-state index contributed by atoms with van der Waals surface area (Å²) in [5, 5.41) is 31.0. The molecule has 5 aromatic heterocycles. The van der Waals surface area contributed by atoms with Gasteiger partial charge in [-0.05, 0) is 178 Å². The number of rotatable bonds is 11. The summed E-state index contributed by atoms with van der Waals surface area (Å²) in [5.41, 5.74) is 32.6. The van der Waals surface area contributed by atoms with E-state index < -0.39 is 0 Å². The number of para-hydroxylation sites is 2. The van der Waals surface area contributed by atoms with E-state index in [4.69, 9.17) is 11.8 Å². The van der Waals surface area contributed by atoms with E-state index in [2.05, 4.69) is 246 Å². The summed E-state index contributed by atoms with van der Waals surface area (Å²) in [7, 11) is 0. The fourth-order valence-electron chi connectivity index (χ4n) is 13.4. The van der Waals surface area contributed by atoms with E-state index in [9.17, 15) is 4.39 Å². The zero-order chi connectivity index (χ0) is 75.1. The predicted molar refractivity (Wildman–Crippen MR) is 428 cm³/mol. The van der Waals surface area contributed by atoms with Gasteiger partial charge in [-0.15, -0.1) is 42.0 Å². The van der Waals surface area contributed by atoms with Gasteiger partial charge in [0.25, 0.3) is 0 Å². The first-order valence-corrected chi connectivity index (χ1v) is 35.1. The molecule has 572 valence electrons. The molecule has 0 saturated carbocycles. The third-order valence-corrected chi connectivity index (χ3v) is 18.3. The van der Waals surface area contributed by atoms with Crippen molar-refractivity contribution in [3.63, 3.8) is 0 Å². The maximum absolute atomic E-state index is 13.0. The Kier molecular flexibility index (Phi) is 33.2. The van der Waals surface area contributed by atoms with Crippen molar-refractivity contribution >= 4 is 5.69 Å². The minimum absolute atomic E-state index is 0. The smallest absolute Gasteiger partial charge is 0.0899 e. The molecular formula is C94H78FIr4N12Pt-5. The van der Waals surface area contributed by atoms with Crippen LogP contribution in [0.25, 0.3) is 101 Å². The van der Waals surface area contributed by atoms with Crippen LogP contribution in [-0.2, 0) is 101 Å². The van der Waals surface area contributed by atoms with Crippen LogP contribution in [0, 0.1) is 130 Å². The Morgan fingerprint density at radius 3 is 1.17 bits per heavy atom. The second-order valence-corrected chi connectivity index (χ2v) is 26.1. The van der Waals surface area contributed by atoms with Gasteiger partial charge in [-0.3, -0.25) is 32.6 Å². The van der Waals surface area contributed by atoms with E-state index >= 15 is 0 Å². The Morgan fingerprint density at radius 1 is 0.339 bits per heavy atom. The average Bonchev–Trinajstić information content (AvgIpc) is 1.34. The molecule has 0 N–H and O–H groups in total. The molecule has 0 atom stereocenters. The van der Waals surface area contributed by atoms with Crippen molar-refractivity contribution in [3.8, 4) is 102 Å². The van der Waals surface area contributed by atoms with Crippen LogP contribution in [-0.4, -0.2) is 48.9 Å². The number of aromatic nitrogens is 10. The zero-order valence-electron chi connectivity index (χ0n) is 63.4. The number of aryl methyl sites for hydroxylation is 11. The maximum atomic E-state index is 13.0. The summed E-state index contributed by atoms with van der Waals surface area (Å²) in [6.45, 7) is 30.4. The molecule has 0 aliphatic carbocycles. The number of nitrogens with zero attached hydrogens (tertiary/aromatic N) is 12. The van der Waals surface area contributed by atoms with Crippen molar-refractivity contribution in [1.29, 1.82) is 5.26 Å². The number of nitriles is 1. The Balaban J connectivity index is 0.000000193. The van der Waals surface area contributed by atoms with Gasteiger partial charge in [0.15, 0.2) is 0 Å². The minimum Gasteiger partial charge on any atom is -0.284 e. The Morgan fingerprint density at radius 2 is 0.741 bits per heavy atom. The van der Waals surface area contributed by atoms with Crippen molar-refractivity contribution in [2.75, 3.05) is 0 Å². The first kappa shape index (κ1) is 88.9. The van der Waals surface area contributed by atoms with Crippen molar-refractivity contribution < 1.29 is 106 Å². The van der Waals surface area contributed by atoms with Crippen LogP contribution >= 0.6 is 0 Å². The molecule has 0 amide bonds. The van der Waals surface area contributed by atoms with Crippen molar-refractivity contribution in [3.05, 3.63) is 388 Å². The molecule has 16 aromatic rings. The summed E-state index contributed by atoms with van der Waals surface area (Å²) in [5.74, 6) is -0.297. The van der Waals surface area contributed by atoms with Gasteiger partial charge in [-0.25, -0.2) is 5.26 Å². The van der Waals surface area contributed by atoms with Gasteiger partial charge in [0.1, 0.15) is 0 Å². The third-order valence-electron chi connectivity index (χ3n) is 18.3. The van der Waals surface area contributed by atoms with E-state index in [1.807, 2.05) is 122 Å². The van der Waals surface area contributed by atoms with Gasteiger partial charge in [0.05, 0.1) is 40.7 Å². The van der Waals surface area contributed by atoms with Crippen LogP contribution < -0.4 is 0 Å². The molecule has 0 spiro atoms. The molecule has 0 fully saturated rings. The maximum Gasteiger partial charge on any atom is 0.0899 e. The summed E-state index contributed by atoms with van der Waals surface area (Å²) in [4.78, 5) is 3.47. The standard InChI is InChI=1S/C25H23N2.2C18H14N3.C17H14FN2.C16H13N2.4Ir.Pt/c1-17-12-18(2)14-21(13-17)22-15-19(3)25(20(4)16-22)24-10-11-26-27(24)23-8-6-5-7-9-23;1-13-6-4-7-14(2)18(13)17-10-11-20-21(17)16-9-5-8-15(12-16)19-3;1-13-4-3-5-14(2)18(13)17-10-11-20-21(17)16-8-6-15(12-19)7-9-16;1-12-4-3-5-13(2)17(12)16-10-11-19-20(16)15-8-6-14(18)7-9-15;1-13-7-5-6-10-15(13)18-16(11-12-17-18)14-8-3-2-4-9-14;;;;;/h5-8,10-16H,1-4H3;4-8,10-12H,1-2H3;3-8,10-11H,1-2H3;3-8,10-11H,1-2H3;2-9,11-12H,1H3;;;;;/q5*-1;;;;;. The van der Waals surface area contributed by atoms with Crippen LogP contribution in [0.4, 0.5) is 10.1 Å². The van der Waals surface area contributed by atoms with Gasteiger partial charge in [-0.2, -0.15) is 116 Å². The largest absolute Gasteiger partial charge is 0.284 e. The first-order chi connectivity index (χ1) is 52.0. The second kappa shape index (κ2) is 41.8. The van der Waals surface area contributed by atoms with Gasteiger partial charge >= 0.3 is 0 Å². The molecule has 0 aliphatic rings. The van der Waals surface area contributed by atoms with E-state index in [0.29, 0.717) is 11.3 Å². The molecule has 5 heterocycles. The second-order valence-electron chi connectivity index (χ2n) is 26.1. The Labute approximate surface area is 725 Å². The molecule has 4 radical (unpaired) electrons. The van der Waals surface area contributed by atoms with Crippen molar-refractivity contribution in [2.45, 2.75) is 76.2 Å². The Bertz CT molecular complexity index is 5750. The van der Waals surface area contributed by atoms with Crippen LogP contribution in [0.1, 0.15) is 66.8 Å². The third kappa shape index (κ3) is 21.1. The van der Waals surface area contributed by atoms with E-state index in [1.54, 1.807) is 59.7 Å². The topological polar surface area (TPSA) is 117 Å². The molecule has 0 unspecified atom stereocenters. The van der Waals surface area contributed by atoms with Gasteiger partial charge in [0.2, 0.25) is 0 Å². The number of hydrogen-bond donors (Lipinski definition) is 0. The minimum atomic E-state index is -0.297. The van der Waals surface area contributed by atoms with Crippen molar-refractivity contribution in [2.24, 2.45) is 0 Å². The average molecular weight is 2360 g/mol. The summed E-state index contributed by atoms with van der Waals surface area (Å²) < 4.78 is 22.4. The number of hydrogen-bond acceptors (Lipinski definition) is 6. The summed E-state index contributed by atoms with van der Waals surface area (Å²) in [6.07, 6.45) is 8.99. The molecule has 11 aromatic carbocycles. The Hall–Kier alpha value is -10.3. The van der Waals surface area contributed by atoms with Crippen molar-refractivity contribution in [1.82, 2.24) is 48.9 Å². The fourth-order valence-corrected chi connectivity index (χ4v) is 13.4. The molecule has 0 bridgehead atoms. The van der Waals surface area contributed by atoms with Gasteiger partial charge in [0, 0.05) is 172 Å². The van der Waals surface area contributed by atoms with Gasteiger partial charge in [-0.1, -0.05) is 145 Å². The fraction of sp³-hybridized carbons (Fsp3) is 0.117. The van der Waals surface area contributed by atoms with Crippen LogP contribution in [0.3, 0.4) is 0 Å². The molecular weight excluding hydrogens is 2280 g/mol. The molecule has 0 aliphatic heterocycles. The quantitative estimate of drug-likeness (QED) is 0.119. The number of halogens is 1. The first-order valence-electron chi connectivity index (χ1n) is 35.1. The molecule has 12 nitrogen and oxygen atoms in total. The molecule has 0 saturated heterocycles. The predicted octanol–water partition coefficient (Wildman–Crippen LogP) is 22.3. The van der Waals surface area contributed by atoms with Crippen LogP contribution in [0.2, 0.25) is 0 Å². The van der Waals surface area contributed by atoms with E-state index in [1.165, 1.54) is 101 Å². The van der Waals surface area contributed by atoms with E-state index in [0.717, 1.165) is 68.0 Å². The summed E-state index contributed by atoms with van der Waals surface area (Å²) in [6, 6.07) is 97.1. The van der Waals surface area contributed by atoms with Crippen LogP contribution in [0.15, 0.2) is 274 Å².